The minimum Gasteiger partial charge on any atom is -0.497 e. The van der Waals surface area contributed by atoms with Gasteiger partial charge < -0.3 is 20.4 Å². The van der Waals surface area contributed by atoms with Crippen LogP contribution in [-0.4, -0.2) is 23.6 Å². The molecule has 3 aromatic rings. The van der Waals surface area contributed by atoms with E-state index >= 15 is 0 Å². The Balaban J connectivity index is 2.07. The summed E-state index contributed by atoms with van der Waals surface area (Å²) in [6, 6.07) is 13.6. The second-order valence-electron chi connectivity index (χ2n) is 6.60. The normalized spacial score (nSPS) is 11.1. The molecule has 0 unspecified atom stereocenters. The van der Waals surface area contributed by atoms with Crippen LogP contribution in [0, 0.1) is 0 Å². The van der Waals surface area contributed by atoms with Crippen LogP contribution < -0.4 is 15.8 Å². The predicted molar refractivity (Wildman–Crippen MR) is 107 cm³/mol. The lowest BCUT2D eigenvalue weighted by Gasteiger charge is -2.11. The summed E-state index contributed by atoms with van der Waals surface area (Å²) in [6.07, 6.45) is 0. The number of nitrogen functional groups attached to an aromatic ring is 1. The quantitative estimate of drug-likeness (QED) is 0.728. The molecule has 1 heterocycles. The zero-order valence-electron chi connectivity index (χ0n) is 15.7. The number of hydrogen-bond donors (Lipinski definition) is 2. The number of ether oxygens (including phenoxy) is 1. The van der Waals surface area contributed by atoms with E-state index in [1.807, 2.05) is 56.3 Å². The van der Waals surface area contributed by atoms with Crippen molar-refractivity contribution >= 4 is 22.5 Å². The largest absolute Gasteiger partial charge is 0.497 e. The topological polar surface area (TPSA) is 69.3 Å². The molecule has 1 aromatic heterocycles. The van der Waals surface area contributed by atoms with Crippen LogP contribution in [0.4, 0.5) is 5.69 Å². The van der Waals surface area contributed by atoms with Crippen molar-refractivity contribution in [3.05, 3.63) is 48.0 Å². The Kier molecular flexibility index (Phi) is 4.89. The SMILES string of the molecule is CCn1c(-c2ccc(C(=O)NC(C)C)cc2)c(N)c2ccc(OC)cc21. The summed E-state index contributed by atoms with van der Waals surface area (Å²) in [5.74, 6) is 0.734. The van der Waals surface area contributed by atoms with Crippen molar-refractivity contribution in [3.63, 3.8) is 0 Å². The molecule has 0 spiro atoms. The van der Waals surface area contributed by atoms with E-state index < -0.39 is 0 Å². The van der Waals surface area contributed by atoms with Crippen LogP contribution in [-0.2, 0) is 6.54 Å². The number of methoxy groups -OCH3 is 1. The number of nitrogens with two attached hydrogens (primary N) is 1. The van der Waals surface area contributed by atoms with E-state index in [2.05, 4.69) is 16.8 Å². The Labute approximate surface area is 153 Å². The third-order valence-corrected chi connectivity index (χ3v) is 4.47. The van der Waals surface area contributed by atoms with Crippen molar-refractivity contribution in [1.29, 1.82) is 0 Å². The molecule has 5 nitrogen and oxygen atoms in total. The lowest BCUT2D eigenvalue weighted by Crippen LogP contribution is -2.29. The van der Waals surface area contributed by atoms with Gasteiger partial charge in [0, 0.05) is 35.2 Å². The minimum absolute atomic E-state index is 0.0692. The van der Waals surface area contributed by atoms with Crippen LogP contribution in [0.15, 0.2) is 42.5 Å². The monoisotopic (exact) mass is 351 g/mol. The van der Waals surface area contributed by atoms with E-state index in [-0.39, 0.29) is 11.9 Å². The highest BCUT2D eigenvalue weighted by Gasteiger charge is 2.17. The van der Waals surface area contributed by atoms with E-state index in [0.29, 0.717) is 5.56 Å². The van der Waals surface area contributed by atoms with E-state index in [1.54, 1.807) is 7.11 Å². The van der Waals surface area contributed by atoms with Gasteiger partial charge in [0.2, 0.25) is 0 Å². The van der Waals surface area contributed by atoms with Crippen LogP contribution in [0.5, 0.6) is 5.75 Å². The van der Waals surface area contributed by atoms with E-state index in [9.17, 15) is 4.79 Å². The van der Waals surface area contributed by atoms with E-state index in [4.69, 9.17) is 10.5 Å². The fourth-order valence-corrected chi connectivity index (χ4v) is 3.25. The number of nitrogens with zero attached hydrogens (tertiary/aromatic N) is 1. The molecule has 136 valence electrons. The number of rotatable bonds is 5. The summed E-state index contributed by atoms with van der Waals surface area (Å²) in [6.45, 7) is 6.76. The number of anilines is 1. The minimum atomic E-state index is -0.0692. The molecule has 5 heteroatoms. The Morgan fingerprint density at radius 2 is 1.88 bits per heavy atom. The summed E-state index contributed by atoms with van der Waals surface area (Å²) in [4.78, 5) is 12.1. The molecule has 3 rings (SSSR count). The average Bonchev–Trinajstić information content (AvgIpc) is 2.92. The molecule has 0 aliphatic rings. The summed E-state index contributed by atoms with van der Waals surface area (Å²) in [5, 5.41) is 3.91. The number of amides is 1. The number of carbonyl (C=O) groups excluding carboxylic acids is 1. The number of aromatic nitrogens is 1. The molecule has 0 radical (unpaired) electrons. The summed E-state index contributed by atoms with van der Waals surface area (Å²) < 4.78 is 7.53. The van der Waals surface area contributed by atoms with Crippen molar-refractivity contribution in [2.24, 2.45) is 0 Å². The molecular weight excluding hydrogens is 326 g/mol. The fourth-order valence-electron chi connectivity index (χ4n) is 3.25. The molecule has 0 aliphatic carbocycles. The molecule has 3 N–H and O–H groups in total. The van der Waals surface area contributed by atoms with Gasteiger partial charge >= 0.3 is 0 Å². The second kappa shape index (κ2) is 7.12. The van der Waals surface area contributed by atoms with Gasteiger partial charge in [-0.05, 0) is 45.0 Å². The van der Waals surface area contributed by atoms with Crippen molar-refractivity contribution in [3.8, 4) is 17.0 Å². The van der Waals surface area contributed by atoms with Crippen LogP contribution in [0.2, 0.25) is 0 Å². The van der Waals surface area contributed by atoms with E-state index in [1.165, 1.54) is 0 Å². The summed E-state index contributed by atoms with van der Waals surface area (Å²) >= 11 is 0. The van der Waals surface area contributed by atoms with Crippen LogP contribution in [0.1, 0.15) is 31.1 Å². The maximum absolute atomic E-state index is 12.1. The third-order valence-electron chi connectivity index (χ3n) is 4.47. The summed E-state index contributed by atoms with van der Waals surface area (Å²) in [5.41, 5.74) is 10.8. The molecule has 2 aromatic carbocycles. The third kappa shape index (κ3) is 3.12. The molecule has 0 fully saturated rings. The second-order valence-corrected chi connectivity index (χ2v) is 6.60. The van der Waals surface area contributed by atoms with Gasteiger partial charge in [0.25, 0.3) is 5.91 Å². The highest BCUT2D eigenvalue weighted by molar-refractivity contribution is 6.02. The zero-order valence-corrected chi connectivity index (χ0v) is 15.7. The molecule has 0 bridgehead atoms. The highest BCUT2D eigenvalue weighted by atomic mass is 16.5. The molecular formula is C21H25N3O2. The fraction of sp³-hybridized carbons (Fsp3) is 0.286. The first-order valence-corrected chi connectivity index (χ1v) is 8.83. The zero-order chi connectivity index (χ0) is 18.8. The lowest BCUT2D eigenvalue weighted by molar-refractivity contribution is 0.0943. The Morgan fingerprint density at radius 3 is 2.46 bits per heavy atom. The van der Waals surface area contributed by atoms with Crippen molar-refractivity contribution in [2.45, 2.75) is 33.4 Å². The maximum atomic E-state index is 12.1. The number of hydrogen-bond acceptors (Lipinski definition) is 3. The standard InChI is InChI=1S/C21H25N3O2/c1-5-24-18-12-16(26-4)10-11-17(18)19(22)20(24)14-6-8-15(9-7-14)21(25)23-13(2)3/h6-13H,5,22H2,1-4H3,(H,23,25). The molecule has 0 atom stereocenters. The first-order valence-electron chi connectivity index (χ1n) is 8.83. The smallest absolute Gasteiger partial charge is 0.251 e. The van der Waals surface area contributed by atoms with Gasteiger partial charge in [0.05, 0.1) is 24.0 Å². The van der Waals surface area contributed by atoms with Gasteiger partial charge in [-0.25, -0.2) is 0 Å². The first-order chi connectivity index (χ1) is 12.5. The van der Waals surface area contributed by atoms with Gasteiger partial charge in [-0.3, -0.25) is 4.79 Å². The van der Waals surface area contributed by atoms with Crippen molar-refractivity contribution in [2.75, 3.05) is 12.8 Å². The lowest BCUT2D eigenvalue weighted by atomic mass is 10.1. The maximum Gasteiger partial charge on any atom is 0.251 e. The Bertz CT molecular complexity index is 940. The highest BCUT2D eigenvalue weighted by Crippen LogP contribution is 2.37. The van der Waals surface area contributed by atoms with Gasteiger partial charge in [0.15, 0.2) is 0 Å². The molecule has 0 saturated carbocycles. The van der Waals surface area contributed by atoms with Crippen LogP contribution in [0.25, 0.3) is 22.2 Å². The molecule has 26 heavy (non-hydrogen) atoms. The van der Waals surface area contributed by atoms with Crippen LogP contribution >= 0.6 is 0 Å². The number of benzene rings is 2. The van der Waals surface area contributed by atoms with Crippen molar-refractivity contribution in [1.82, 2.24) is 9.88 Å². The number of carbonyl (C=O) groups is 1. The number of fused-ring (bicyclic) bond motifs is 1. The van der Waals surface area contributed by atoms with Gasteiger partial charge in [-0.2, -0.15) is 0 Å². The Hall–Kier alpha value is -2.95. The van der Waals surface area contributed by atoms with Gasteiger partial charge in [-0.1, -0.05) is 12.1 Å². The first kappa shape index (κ1) is 17.9. The number of nitrogens with one attached hydrogen (secondary N) is 1. The van der Waals surface area contributed by atoms with Gasteiger partial charge in [0.1, 0.15) is 5.75 Å². The van der Waals surface area contributed by atoms with Crippen molar-refractivity contribution < 1.29 is 9.53 Å². The van der Waals surface area contributed by atoms with Gasteiger partial charge in [-0.15, -0.1) is 0 Å². The average molecular weight is 351 g/mol. The summed E-state index contributed by atoms with van der Waals surface area (Å²) in [7, 11) is 1.66. The molecule has 0 aliphatic heterocycles. The molecule has 0 saturated heterocycles. The van der Waals surface area contributed by atoms with Crippen LogP contribution in [0.3, 0.4) is 0 Å². The van der Waals surface area contributed by atoms with E-state index in [0.717, 1.165) is 40.1 Å². The predicted octanol–water partition coefficient (Wildman–Crippen LogP) is 4.06. The number of aryl methyl sites for hydroxylation is 1. The Morgan fingerprint density at radius 1 is 1.19 bits per heavy atom. The molecule has 1 amide bonds.